The Bertz CT molecular complexity index is 956. The molecule has 0 aliphatic heterocycles. The van der Waals surface area contributed by atoms with Gasteiger partial charge in [-0.2, -0.15) is 0 Å². The molecule has 1 saturated carbocycles. The zero-order valence-electron chi connectivity index (χ0n) is 15.8. The summed E-state index contributed by atoms with van der Waals surface area (Å²) in [6.45, 7) is 0. The third-order valence-corrected chi connectivity index (χ3v) is 6.16. The van der Waals surface area contributed by atoms with Crippen LogP contribution in [0.2, 0.25) is 0 Å². The minimum absolute atomic E-state index is 0.0671. The maximum atomic E-state index is 12.8. The Labute approximate surface area is 164 Å². The third-order valence-electron chi connectivity index (χ3n) is 4.61. The fourth-order valence-corrected chi connectivity index (χ4v) is 4.68. The normalized spacial score (nSPS) is 14.6. The maximum absolute atomic E-state index is 12.8. The molecule has 1 aliphatic carbocycles. The number of rotatable bonds is 7. The van der Waals surface area contributed by atoms with Gasteiger partial charge in [-0.25, -0.2) is 18.1 Å². The van der Waals surface area contributed by atoms with Gasteiger partial charge in [-0.3, -0.25) is 4.79 Å². The second-order valence-corrected chi connectivity index (χ2v) is 8.16. The summed E-state index contributed by atoms with van der Waals surface area (Å²) in [7, 11) is -0.961. The number of hydrogen-bond acceptors (Lipinski definition) is 6. The molecule has 9 heteroatoms. The minimum atomic E-state index is -3.82. The Kier molecular flexibility index (Phi) is 6.15. The van der Waals surface area contributed by atoms with Crippen LogP contribution in [-0.4, -0.2) is 39.6 Å². The van der Waals surface area contributed by atoms with E-state index in [1.54, 1.807) is 12.1 Å². The molecule has 1 fully saturated rings. The molecule has 1 aromatic heterocycles. The molecular weight excluding hydrogens is 382 g/mol. The highest BCUT2D eigenvalue weighted by molar-refractivity contribution is 7.89. The number of aromatic nitrogens is 1. The molecule has 3 rings (SSSR count). The van der Waals surface area contributed by atoms with Crippen LogP contribution < -0.4 is 19.5 Å². The predicted octanol–water partition coefficient (Wildman–Crippen LogP) is 2.57. The number of benzene rings is 1. The van der Waals surface area contributed by atoms with E-state index in [1.807, 2.05) is 0 Å². The smallest absolute Gasteiger partial charge is 0.256 e. The number of amides is 1. The number of hydrogen-bond donors (Lipinski definition) is 2. The first kappa shape index (κ1) is 20.1. The first-order valence-corrected chi connectivity index (χ1v) is 10.4. The molecule has 0 unspecified atom stereocenters. The molecule has 1 heterocycles. The van der Waals surface area contributed by atoms with Gasteiger partial charge in [0.25, 0.3) is 5.91 Å². The first-order valence-electron chi connectivity index (χ1n) is 8.95. The molecule has 2 N–H and O–H groups in total. The van der Waals surface area contributed by atoms with Crippen molar-refractivity contribution in [1.82, 2.24) is 9.71 Å². The largest absolute Gasteiger partial charge is 0.495 e. The Morgan fingerprint density at radius 3 is 2.50 bits per heavy atom. The van der Waals surface area contributed by atoms with Crippen molar-refractivity contribution < 1.29 is 22.7 Å². The van der Waals surface area contributed by atoms with Crippen molar-refractivity contribution in [2.24, 2.45) is 0 Å². The first-order chi connectivity index (χ1) is 13.4. The second kappa shape index (κ2) is 8.57. The maximum Gasteiger partial charge on any atom is 0.256 e. The lowest BCUT2D eigenvalue weighted by Gasteiger charge is -2.16. The summed E-state index contributed by atoms with van der Waals surface area (Å²) < 4.78 is 38.8. The number of carbonyl (C=O) groups is 1. The number of anilines is 1. The van der Waals surface area contributed by atoms with E-state index in [2.05, 4.69) is 15.0 Å². The van der Waals surface area contributed by atoms with Crippen molar-refractivity contribution in [3.8, 4) is 11.5 Å². The number of methoxy groups -OCH3 is 2. The SMILES string of the molecule is COc1ccc(C(=O)Nc2ncccc2OC)cc1S(=O)(=O)NC1CCCC1. The van der Waals surface area contributed by atoms with Crippen LogP contribution in [0.4, 0.5) is 5.82 Å². The summed E-state index contributed by atoms with van der Waals surface area (Å²) >= 11 is 0. The van der Waals surface area contributed by atoms with E-state index in [1.165, 1.54) is 38.6 Å². The lowest BCUT2D eigenvalue weighted by atomic mass is 10.2. The molecule has 0 bridgehead atoms. The monoisotopic (exact) mass is 405 g/mol. The Morgan fingerprint density at radius 2 is 1.82 bits per heavy atom. The minimum Gasteiger partial charge on any atom is -0.495 e. The van der Waals surface area contributed by atoms with Crippen molar-refractivity contribution in [2.45, 2.75) is 36.6 Å². The third kappa shape index (κ3) is 4.42. The second-order valence-electron chi connectivity index (χ2n) is 6.48. The Morgan fingerprint density at radius 1 is 1.11 bits per heavy atom. The van der Waals surface area contributed by atoms with Crippen LogP contribution in [0.5, 0.6) is 11.5 Å². The van der Waals surface area contributed by atoms with Crippen LogP contribution in [0.3, 0.4) is 0 Å². The van der Waals surface area contributed by atoms with Crippen LogP contribution in [0.15, 0.2) is 41.4 Å². The van der Waals surface area contributed by atoms with Crippen molar-refractivity contribution in [2.75, 3.05) is 19.5 Å². The molecule has 0 spiro atoms. The standard InChI is InChI=1S/C19H23N3O5S/c1-26-15-10-9-13(19(23)21-18-16(27-2)8-5-11-20-18)12-17(15)28(24,25)22-14-6-3-4-7-14/h5,8-12,14,22H,3-4,6-7H2,1-2H3,(H,20,21,23). The lowest BCUT2D eigenvalue weighted by molar-refractivity contribution is 0.102. The molecule has 2 aromatic rings. The molecule has 0 atom stereocenters. The average molecular weight is 405 g/mol. The van der Waals surface area contributed by atoms with Crippen LogP contribution in [0.25, 0.3) is 0 Å². The van der Waals surface area contributed by atoms with Crippen molar-refractivity contribution in [1.29, 1.82) is 0 Å². The van der Waals surface area contributed by atoms with Gasteiger partial charge in [0.15, 0.2) is 11.6 Å². The molecule has 8 nitrogen and oxygen atoms in total. The Balaban J connectivity index is 1.88. The Hall–Kier alpha value is -2.65. The summed E-state index contributed by atoms with van der Waals surface area (Å²) in [6, 6.07) is 7.52. The zero-order valence-corrected chi connectivity index (χ0v) is 16.6. The molecular formula is C19H23N3O5S. The van der Waals surface area contributed by atoms with Gasteiger partial charge in [0.2, 0.25) is 10.0 Å². The number of sulfonamides is 1. The van der Waals surface area contributed by atoms with E-state index in [0.717, 1.165) is 25.7 Å². The number of ether oxygens (including phenoxy) is 2. The quantitative estimate of drug-likeness (QED) is 0.733. The number of pyridine rings is 1. The van der Waals surface area contributed by atoms with Gasteiger partial charge in [0, 0.05) is 17.8 Å². The van der Waals surface area contributed by atoms with E-state index < -0.39 is 15.9 Å². The van der Waals surface area contributed by atoms with E-state index in [-0.39, 0.29) is 28.1 Å². The summed E-state index contributed by atoms with van der Waals surface area (Å²) in [5.41, 5.74) is 0.167. The lowest BCUT2D eigenvalue weighted by Crippen LogP contribution is -2.33. The van der Waals surface area contributed by atoms with Gasteiger partial charge in [0.1, 0.15) is 10.6 Å². The summed E-state index contributed by atoms with van der Waals surface area (Å²) in [4.78, 5) is 16.7. The molecule has 0 saturated heterocycles. The highest BCUT2D eigenvalue weighted by Gasteiger charge is 2.26. The molecule has 1 aliphatic rings. The highest BCUT2D eigenvalue weighted by Crippen LogP contribution is 2.28. The van der Waals surface area contributed by atoms with Crippen LogP contribution in [0.1, 0.15) is 36.0 Å². The fourth-order valence-electron chi connectivity index (χ4n) is 3.18. The molecule has 0 radical (unpaired) electrons. The summed E-state index contributed by atoms with van der Waals surface area (Å²) in [6.07, 6.45) is 5.13. The number of nitrogens with zero attached hydrogens (tertiary/aromatic N) is 1. The fraction of sp³-hybridized carbons (Fsp3) is 0.368. The number of nitrogens with one attached hydrogen (secondary N) is 2. The average Bonchev–Trinajstić information content (AvgIpc) is 3.20. The molecule has 28 heavy (non-hydrogen) atoms. The van der Waals surface area contributed by atoms with E-state index in [9.17, 15) is 13.2 Å². The zero-order chi connectivity index (χ0) is 20.1. The van der Waals surface area contributed by atoms with E-state index in [0.29, 0.717) is 5.75 Å². The van der Waals surface area contributed by atoms with Gasteiger partial charge in [-0.15, -0.1) is 0 Å². The summed E-state index contributed by atoms with van der Waals surface area (Å²) in [5, 5.41) is 2.64. The molecule has 1 amide bonds. The van der Waals surface area contributed by atoms with Crippen LogP contribution in [0, 0.1) is 0 Å². The van der Waals surface area contributed by atoms with E-state index >= 15 is 0 Å². The van der Waals surface area contributed by atoms with Gasteiger partial charge < -0.3 is 14.8 Å². The summed E-state index contributed by atoms with van der Waals surface area (Å²) in [5.74, 6) is 0.328. The molecule has 150 valence electrons. The van der Waals surface area contributed by atoms with Crippen LogP contribution >= 0.6 is 0 Å². The highest BCUT2D eigenvalue weighted by atomic mass is 32.2. The van der Waals surface area contributed by atoms with Crippen molar-refractivity contribution in [3.63, 3.8) is 0 Å². The number of carbonyl (C=O) groups excluding carboxylic acids is 1. The van der Waals surface area contributed by atoms with Gasteiger partial charge >= 0.3 is 0 Å². The van der Waals surface area contributed by atoms with Crippen LogP contribution in [-0.2, 0) is 10.0 Å². The van der Waals surface area contributed by atoms with Gasteiger partial charge in [0.05, 0.1) is 14.2 Å². The predicted molar refractivity (Wildman–Crippen MR) is 104 cm³/mol. The van der Waals surface area contributed by atoms with Gasteiger partial charge in [-0.05, 0) is 43.2 Å². The van der Waals surface area contributed by atoms with Crippen molar-refractivity contribution >= 4 is 21.7 Å². The topological polar surface area (TPSA) is 107 Å². The van der Waals surface area contributed by atoms with E-state index in [4.69, 9.17) is 9.47 Å². The molecule has 1 aromatic carbocycles. The van der Waals surface area contributed by atoms with Crippen molar-refractivity contribution in [3.05, 3.63) is 42.1 Å². The van der Waals surface area contributed by atoms with Gasteiger partial charge in [-0.1, -0.05) is 12.8 Å².